The lowest BCUT2D eigenvalue weighted by molar-refractivity contribution is 0.279. The molecule has 0 spiro atoms. The molecule has 68 valence electrons. The van der Waals surface area contributed by atoms with Crippen molar-refractivity contribution < 1.29 is 5.11 Å². The monoisotopic (exact) mass is 167 g/mol. The zero-order chi connectivity index (χ0) is 9.14. The summed E-state index contributed by atoms with van der Waals surface area (Å²) in [5.74, 6) is 0. The highest BCUT2D eigenvalue weighted by Gasteiger charge is 2.03. The maximum Gasteiger partial charge on any atom is 0.0448 e. The molecule has 0 aliphatic rings. The Balaban J connectivity index is 2.79. The van der Waals surface area contributed by atoms with E-state index in [1.807, 2.05) is 0 Å². The van der Waals surface area contributed by atoms with Crippen molar-refractivity contribution in [2.75, 3.05) is 6.61 Å². The predicted molar refractivity (Wildman–Crippen MR) is 50.3 cm³/mol. The highest BCUT2D eigenvalue weighted by atomic mass is 16.3. The molecule has 0 unspecified atom stereocenters. The Morgan fingerprint density at radius 3 is 2.42 bits per heavy atom. The van der Waals surface area contributed by atoms with Crippen LogP contribution in [0.5, 0.6) is 0 Å². The van der Waals surface area contributed by atoms with E-state index in [0.717, 1.165) is 13.0 Å². The largest absolute Gasteiger partial charge is 0.396 e. The second-order valence-electron chi connectivity index (χ2n) is 3.29. The number of hydrogen-bond donors (Lipinski definition) is 1. The van der Waals surface area contributed by atoms with Gasteiger partial charge in [-0.05, 0) is 38.3 Å². The van der Waals surface area contributed by atoms with E-state index in [4.69, 9.17) is 5.11 Å². The molecule has 1 aromatic rings. The summed E-state index contributed by atoms with van der Waals surface area (Å²) in [4.78, 5) is 0. The molecule has 1 heterocycles. The number of aliphatic hydroxyl groups is 1. The average molecular weight is 167 g/mol. The number of nitrogens with zero attached hydrogens (tertiary/aromatic N) is 1. The summed E-state index contributed by atoms with van der Waals surface area (Å²) < 4.78 is 2.21. The third-order valence-corrected chi connectivity index (χ3v) is 2.47. The van der Waals surface area contributed by atoms with Crippen molar-refractivity contribution >= 4 is 0 Å². The van der Waals surface area contributed by atoms with Gasteiger partial charge in [0.2, 0.25) is 0 Å². The van der Waals surface area contributed by atoms with Crippen molar-refractivity contribution in [1.82, 2.24) is 4.57 Å². The van der Waals surface area contributed by atoms with Gasteiger partial charge in [0.15, 0.2) is 0 Å². The Labute approximate surface area is 73.8 Å². The van der Waals surface area contributed by atoms with Crippen LogP contribution in [0.15, 0.2) is 6.20 Å². The molecule has 1 rings (SSSR count). The van der Waals surface area contributed by atoms with Crippen molar-refractivity contribution in [1.29, 1.82) is 0 Å². The van der Waals surface area contributed by atoms with Crippen LogP contribution in [0, 0.1) is 20.8 Å². The van der Waals surface area contributed by atoms with Gasteiger partial charge in [0.05, 0.1) is 0 Å². The zero-order valence-electron chi connectivity index (χ0n) is 8.09. The van der Waals surface area contributed by atoms with E-state index in [2.05, 4.69) is 31.5 Å². The number of aryl methyl sites for hydroxylation is 2. The second-order valence-corrected chi connectivity index (χ2v) is 3.29. The van der Waals surface area contributed by atoms with Gasteiger partial charge in [0.25, 0.3) is 0 Å². The first kappa shape index (κ1) is 9.33. The Kier molecular flexibility index (Phi) is 2.93. The maximum atomic E-state index is 8.68. The topological polar surface area (TPSA) is 25.2 Å². The first-order chi connectivity index (χ1) is 5.66. The van der Waals surface area contributed by atoms with E-state index in [9.17, 15) is 0 Å². The fourth-order valence-corrected chi connectivity index (χ4v) is 1.40. The van der Waals surface area contributed by atoms with Gasteiger partial charge in [-0.15, -0.1) is 0 Å². The van der Waals surface area contributed by atoms with Crippen LogP contribution < -0.4 is 0 Å². The van der Waals surface area contributed by atoms with Crippen molar-refractivity contribution in [2.45, 2.75) is 33.7 Å². The molecule has 0 aliphatic carbocycles. The summed E-state index contributed by atoms with van der Waals surface area (Å²) >= 11 is 0. The summed E-state index contributed by atoms with van der Waals surface area (Å²) in [6.45, 7) is 7.59. The molecule has 0 saturated heterocycles. The van der Waals surface area contributed by atoms with Crippen molar-refractivity contribution in [2.24, 2.45) is 0 Å². The van der Waals surface area contributed by atoms with Crippen LogP contribution in [-0.2, 0) is 6.54 Å². The molecule has 2 nitrogen and oxygen atoms in total. The van der Waals surface area contributed by atoms with Gasteiger partial charge in [-0.2, -0.15) is 0 Å². The number of aromatic nitrogens is 1. The number of aliphatic hydroxyl groups excluding tert-OH is 1. The van der Waals surface area contributed by atoms with E-state index in [1.54, 1.807) is 0 Å². The first-order valence-electron chi connectivity index (χ1n) is 4.40. The zero-order valence-corrected chi connectivity index (χ0v) is 8.09. The molecule has 0 radical (unpaired) electrons. The molecule has 1 aromatic heterocycles. The van der Waals surface area contributed by atoms with Crippen molar-refractivity contribution in [3.63, 3.8) is 0 Å². The van der Waals surface area contributed by atoms with Crippen LogP contribution in [0.2, 0.25) is 0 Å². The summed E-state index contributed by atoms with van der Waals surface area (Å²) in [7, 11) is 0. The molecule has 0 fully saturated rings. The molecule has 0 aliphatic heterocycles. The van der Waals surface area contributed by atoms with Crippen LogP contribution in [0.1, 0.15) is 23.2 Å². The Hall–Kier alpha value is -0.760. The van der Waals surface area contributed by atoms with Crippen LogP contribution in [0.4, 0.5) is 0 Å². The second kappa shape index (κ2) is 3.76. The fraction of sp³-hybridized carbons (Fsp3) is 0.600. The molecule has 0 aromatic carbocycles. The highest BCUT2D eigenvalue weighted by Crippen LogP contribution is 2.14. The SMILES string of the molecule is Cc1cn(CCCO)c(C)c1C. The fourth-order valence-electron chi connectivity index (χ4n) is 1.40. The van der Waals surface area contributed by atoms with Crippen LogP contribution in [0.3, 0.4) is 0 Å². The Bertz CT molecular complexity index is 263. The molecule has 1 N–H and O–H groups in total. The Morgan fingerprint density at radius 1 is 1.33 bits per heavy atom. The predicted octanol–water partition coefficient (Wildman–Crippen LogP) is 1.80. The van der Waals surface area contributed by atoms with E-state index in [0.29, 0.717) is 0 Å². The first-order valence-corrected chi connectivity index (χ1v) is 4.40. The summed E-state index contributed by atoms with van der Waals surface area (Å²) in [5.41, 5.74) is 4.03. The third kappa shape index (κ3) is 1.69. The molecule has 12 heavy (non-hydrogen) atoms. The number of hydrogen-bond acceptors (Lipinski definition) is 1. The lowest BCUT2D eigenvalue weighted by Gasteiger charge is -2.03. The van der Waals surface area contributed by atoms with Crippen LogP contribution >= 0.6 is 0 Å². The minimum atomic E-state index is 0.274. The lowest BCUT2D eigenvalue weighted by atomic mass is 10.2. The smallest absolute Gasteiger partial charge is 0.0448 e. The lowest BCUT2D eigenvalue weighted by Crippen LogP contribution is -2.00. The van der Waals surface area contributed by atoms with Gasteiger partial charge in [0, 0.05) is 25.0 Å². The normalized spacial score (nSPS) is 10.7. The third-order valence-electron chi connectivity index (χ3n) is 2.47. The molecular weight excluding hydrogens is 150 g/mol. The highest BCUT2D eigenvalue weighted by molar-refractivity contribution is 5.28. The number of rotatable bonds is 3. The molecule has 0 bridgehead atoms. The molecule has 0 amide bonds. The Morgan fingerprint density at radius 2 is 2.00 bits per heavy atom. The minimum absolute atomic E-state index is 0.274. The van der Waals surface area contributed by atoms with Gasteiger partial charge in [-0.3, -0.25) is 0 Å². The average Bonchev–Trinajstić information content (AvgIpc) is 2.30. The van der Waals surface area contributed by atoms with Gasteiger partial charge in [0.1, 0.15) is 0 Å². The van der Waals surface area contributed by atoms with E-state index >= 15 is 0 Å². The van der Waals surface area contributed by atoms with E-state index in [1.165, 1.54) is 16.8 Å². The summed E-state index contributed by atoms with van der Waals surface area (Å²) in [5, 5.41) is 8.68. The maximum absolute atomic E-state index is 8.68. The quantitative estimate of drug-likeness (QED) is 0.729. The van der Waals surface area contributed by atoms with Crippen LogP contribution in [-0.4, -0.2) is 16.3 Å². The summed E-state index contributed by atoms with van der Waals surface area (Å²) in [6.07, 6.45) is 2.99. The van der Waals surface area contributed by atoms with Gasteiger partial charge in [-0.25, -0.2) is 0 Å². The standard InChI is InChI=1S/C10H17NO/c1-8-7-11(5-4-6-12)10(3)9(8)2/h7,12H,4-6H2,1-3H3. The van der Waals surface area contributed by atoms with Crippen LogP contribution in [0.25, 0.3) is 0 Å². The van der Waals surface area contributed by atoms with Gasteiger partial charge < -0.3 is 9.67 Å². The molecule has 0 atom stereocenters. The van der Waals surface area contributed by atoms with Gasteiger partial charge >= 0.3 is 0 Å². The molecule has 2 heteroatoms. The van der Waals surface area contributed by atoms with E-state index < -0.39 is 0 Å². The minimum Gasteiger partial charge on any atom is -0.396 e. The summed E-state index contributed by atoms with van der Waals surface area (Å²) in [6, 6.07) is 0. The van der Waals surface area contributed by atoms with E-state index in [-0.39, 0.29) is 6.61 Å². The van der Waals surface area contributed by atoms with Crippen molar-refractivity contribution in [3.8, 4) is 0 Å². The molecular formula is C10H17NO. The van der Waals surface area contributed by atoms with Crippen molar-refractivity contribution in [3.05, 3.63) is 23.0 Å². The molecule has 0 saturated carbocycles. The van der Waals surface area contributed by atoms with Gasteiger partial charge in [-0.1, -0.05) is 0 Å².